The molecule has 0 aromatic rings. The van der Waals surface area contributed by atoms with Crippen LogP contribution in [0.2, 0.25) is 0 Å². The zero-order valence-electron chi connectivity index (χ0n) is 9.20. The minimum atomic E-state index is -0.690. The second kappa shape index (κ2) is 5.35. The Bertz CT molecular complexity index is 190. The fourth-order valence-corrected chi connectivity index (χ4v) is 2.01. The molecule has 1 fully saturated rings. The summed E-state index contributed by atoms with van der Waals surface area (Å²) in [7, 11) is 0. The molecule has 1 atom stereocenters. The Morgan fingerprint density at radius 3 is 2.57 bits per heavy atom. The maximum absolute atomic E-state index is 10.6. The van der Waals surface area contributed by atoms with E-state index in [0.717, 1.165) is 19.0 Å². The Hall–Kier alpha value is -0.570. The molecule has 0 heterocycles. The number of hydrogen-bond donors (Lipinski definition) is 1. The molecule has 0 aromatic heterocycles. The maximum Gasteiger partial charge on any atom is 0.304 e. The van der Waals surface area contributed by atoms with Crippen LogP contribution < -0.4 is 0 Å². The summed E-state index contributed by atoms with van der Waals surface area (Å²) in [6, 6.07) is 0.179. The number of nitrogens with zero attached hydrogens (tertiary/aromatic N) is 1. The van der Waals surface area contributed by atoms with Crippen molar-refractivity contribution in [3.8, 4) is 0 Å². The summed E-state index contributed by atoms with van der Waals surface area (Å²) < 4.78 is 0. The van der Waals surface area contributed by atoms with Gasteiger partial charge in [0.25, 0.3) is 0 Å². The summed E-state index contributed by atoms with van der Waals surface area (Å²) >= 11 is 0. The smallest absolute Gasteiger partial charge is 0.304 e. The van der Waals surface area contributed by atoms with E-state index in [2.05, 4.69) is 11.8 Å². The van der Waals surface area contributed by atoms with Gasteiger partial charge in [0, 0.05) is 12.6 Å². The number of rotatable bonds is 6. The van der Waals surface area contributed by atoms with Crippen molar-refractivity contribution >= 4 is 5.97 Å². The van der Waals surface area contributed by atoms with E-state index in [4.69, 9.17) is 5.11 Å². The van der Waals surface area contributed by atoms with Crippen LogP contribution in [0.25, 0.3) is 0 Å². The van der Waals surface area contributed by atoms with E-state index in [1.54, 1.807) is 0 Å². The van der Waals surface area contributed by atoms with Crippen LogP contribution in [0.4, 0.5) is 0 Å². The zero-order valence-corrected chi connectivity index (χ0v) is 9.20. The van der Waals surface area contributed by atoms with Gasteiger partial charge in [-0.05, 0) is 32.2 Å². The van der Waals surface area contributed by atoms with E-state index in [0.29, 0.717) is 0 Å². The Morgan fingerprint density at radius 2 is 2.21 bits per heavy atom. The minimum Gasteiger partial charge on any atom is -0.481 e. The molecule has 1 aliphatic rings. The second-order valence-electron chi connectivity index (χ2n) is 4.33. The van der Waals surface area contributed by atoms with Crippen molar-refractivity contribution in [1.82, 2.24) is 4.90 Å². The van der Waals surface area contributed by atoms with Gasteiger partial charge < -0.3 is 10.0 Å². The molecule has 0 bridgehead atoms. The van der Waals surface area contributed by atoms with Crippen molar-refractivity contribution in [2.45, 2.75) is 45.6 Å². The predicted molar refractivity (Wildman–Crippen MR) is 56.3 cm³/mol. The lowest BCUT2D eigenvalue weighted by molar-refractivity contribution is -0.138. The molecule has 1 saturated carbocycles. The van der Waals surface area contributed by atoms with Crippen molar-refractivity contribution in [2.75, 3.05) is 13.1 Å². The molecule has 82 valence electrons. The minimum absolute atomic E-state index is 0.179. The summed E-state index contributed by atoms with van der Waals surface area (Å²) in [5.74, 6) is 0.135. The van der Waals surface area contributed by atoms with Crippen molar-refractivity contribution in [3.63, 3.8) is 0 Å². The van der Waals surface area contributed by atoms with Gasteiger partial charge in [0.2, 0.25) is 0 Å². The van der Waals surface area contributed by atoms with Gasteiger partial charge in [0.1, 0.15) is 0 Å². The van der Waals surface area contributed by atoms with E-state index in [9.17, 15) is 4.79 Å². The van der Waals surface area contributed by atoms with Gasteiger partial charge in [-0.1, -0.05) is 13.3 Å². The molecule has 0 radical (unpaired) electrons. The summed E-state index contributed by atoms with van der Waals surface area (Å²) in [4.78, 5) is 12.9. The summed E-state index contributed by atoms with van der Waals surface area (Å²) in [6.45, 7) is 6.17. The standard InChI is InChI=1S/C11H21NO2/c1-3-12(8-10-5-4-6-10)9(2)7-11(13)14/h9-10H,3-8H2,1-2H3,(H,13,14). The van der Waals surface area contributed by atoms with Gasteiger partial charge >= 0.3 is 5.97 Å². The van der Waals surface area contributed by atoms with Crippen LogP contribution in [0.1, 0.15) is 39.5 Å². The molecule has 1 rings (SSSR count). The van der Waals surface area contributed by atoms with Crippen LogP contribution in [0.5, 0.6) is 0 Å². The lowest BCUT2D eigenvalue weighted by atomic mass is 9.85. The van der Waals surface area contributed by atoms with E-state index in [-0.39, 0.29) is 12.5 Å². The highest BCUT2D eigenvalue weighted by molar-refractivity contribution is 5.67. The lowest BCUT2D eigenvalue weighted by Crippen LogP contribution is -2.39. The topological polar surface area (TPSA) is 40.5 Å². The quantitative estimate of drug-likeness (QED) is 0.711. The van der Waals surface area contributed by atoms with Gasteiger partial charge in [0.15, 0.2) is 0 Å². The average molecular weight is 199 g/mol. The summed E-state index contributed by atoms with van der Waals surface area (Å²) in [5.41, 5.74) is 0. The number of aliphatic carboxylic acids is 1. The third kappa shape index (κ3) is 3.29. The van der Waals surface area contributed by atoms with E-state index in [1.165, 1.54) is 19.3 Å². The van der Waals surface area contributed by atoms with Crippen LogP contribution in [-0.2, 0) is 4.79 Å². The molecule has 0 aromatic carbocycles. The number of hydrogen-bond acceptors (Lipinski definition) is 2. The van der Waals surface area contributed by atoms with Gasteiger partial charge in [-0.2, -0.15) is 0 Å². The Morgan fingerprint density at radius 1 is 1.57 bits per heavy atom. The first kappa shape index (κ1) is 11.5. The van der Waals surface area contributed by atoms with E-state index >= 15 is 0 Å². The van der Waals surface area contributed by atoms with Crippen molar-refractivity contribution in [1.29, 1.82) is 0 Å². The van der Waals surface area contributed by atoms with Gasteiger partial charge in [0.05, 0.1) is 6.42 Å². The SMILES string of the molecule is CCN(CC1CCC1)C(C)CC(=O)O. The first-order valence-electron chi connectivity index (χ1n) is 5.59. The fourth-order valence-electron chi connectivity index (χ4n) is 2.01. The summed E-state index contributed by atoms with van der Waals surface area (Å²) in [6.07, 6.45) is 4.28. The van der Waals surface area contributed by atoms with Crippen LogP contribution in [-0.4, -0.2) is 35.1 Å². The normalized spacial score (nSPS) is 19.4. The van der Waals surface area contributed by atoms with Gasteiger partial charge in [-0.3, -0.25) is 4.79 Å². The van der Waals surface area contributed by atoms with Crippen LogP contribution in [0.15, 0.2) is 0 Å². The number of carboxylic acid groups (broad SMARTS) is 1. The highest BCUT2D eigenvalue weighted by Crippen LogP contribution is 2.27. The van der Waals surface area contributed by atoms with Crippen molar-refractivity contribution < 1.29 is 9.90 Å². The average Bonchev–Trinajstić information content (AvgIpc) is 2.01. The third-order valence-corrected chi connectivity index (χ3v) is 3.22. The molecule has 0 aliphatic heterocycles. The summed E-state index contributed by atoms with van der Waals surface area (Å²) in [5, 5.41) is 8.71. The molecule has 3 nitrogen and oxygen atoms in total. The molecule has 1 N–H and O–H groups in total. The highest BCUT2D eigenvalue weighted by atomic mass is 16.4. The molecular formula is C11H21NO2. The Labute approximate surface area is 86.1 Å². The van der Waals surface area contributed by atoms with Crippen LogP contribution in [0, 0.1) is 5.92 Å². The highest BCUT2D eigenvalue weighted by Gasteiger charge is 2.23. The number of carboxylic acids is 1. The first-order chi connectivity index (χ1) is 6.63. The Balaban J connectivity index is 2.30. The van der Waals surface area contributed by atoms with Crippen molar-refractivity contribution in [3.05, 3.63) is 0 Å². The predicted octanol–water partition coefficient (Wildman–Crippen LogP) is 1.97. The lowest BCUT2D eigenvalue weighted by Gasteiger charge is -2.34. The first-order valence-corrected chi connectivity index (χ1v) is 5.59. The maximum atomic E-state index is 10.6. The molecular weight excluding hydrogens is 178 g/mol. The van der Waals surface area contributed by atoms with Gasteiger partial charge in [-0.15, -0.1) is 0 Å². The van der Waals surface area contributed by atoms with Crippen LogP contribution in [0.3, 0.4) is 0 Å². The molecule has 0 saturated heterocycles. The molecule has 0 spiro atoms. The second-order valence-corrected chi connectivity index (χ2v) is 4.33. The van der Waals surface area contributed by atoms with E-state index in [1.807, 2.05) is 6.92 Å². The van der Waals surface area contributed by atoms with Crippen molar-refractivity contribution in [2.24, 2.45) is 5.92 Å². The molecule has 0 amide bonds. The molecule has 1 unspecified atom stereocenters. The van der Waals surface area contributed by atoms with Gasteiger partial charge in [-0.25, -0.2) is 0 Å². The number of carbonyl (C=O) groups is 1. The molecule has 3 heteroatoms. The monoisotopic (exact) mass is 199 g/mol. The molecule has 1 aliphatic carbocycles. The van der Waals surface area contributed by atoms with E-state index < -0.39 is 5.97 Å². The third-order valence-electron chi connectivity index (χ3n) is 3.22. The van der Waals surface area contributed by atoms with Crippen LogP contribution >= 0.6 is 0 Å². The zero-order chi connectivity index (χ0) is 10.6. The fraction of sp³-hybridized carbons (Fsp3) is 0.909. The Kier molecular flexibility index (Phi) is 4.39. The largest absolute Gasteiger partial charge is 0.481 e. The molecule has 14 heavy (non-hydrogen) atoms.